The first-order chi connectivity index (χ1) is 13.0. The van der Waals surface area contributed by atoms with Gasteiger partial charge in [-0.3, -0.25) is 19.5 Å². The molecule has 0 aliphatic carbocycles. The Morgan fingerprint density at radius 1 is 1.26 bits per heavy atom. The van der Waals surface area contributed by atoms with Crippen molar-refractivity contribution in [1.29, 1.82) is 0 Å². The fraction of sp³-hybridized carbons (Fsp3) is 0.474. The number of hydrogen-bond donors (Lipinski definition) is 1. The molecule has 8 heteroatoms. The zero-order valence-electron chi connectivity index (χ0n) is 15.9. The molecule has 7 nitrogen and oxygen atoms in total. The summed E-state index contributed by atoms with van der Waals surface area (Å²) in [4.78, 5) is 40.9. The van der Waals surface area contributed by atoms with Crippen LogP contribution in [0.4, 0.5) is 4.79 Å². The third-order valence-electron chi connectivity index (χ3n) is 4.12. The van der Waals surface area contributed by atoms with Crippen molar-refractivity contribution < 1.29 is 14.3 Å². The summed E-state index contributed by atoms with van der Waals surface area (Å²) >= 11 is 1.16. The van der Waals surface area contributed by atoms with Gasteiger partial charge in [-0.1, -0.05) is 50.1 Å². The van der Waals surface area contributed by atoms with Gasteiger partial charge in [0.25, 0.3) is 5.56 Å². The van der Waals surface area contributed by atoms with Gasteiger partial charge in [-0.15, -0.1) is 0 Å². The number of imide groups is 1. The van der Waals surface area contributed by atoms with Crippen molar-refractivity contribution in [2.24, 2.45) is 0 Å². The number of unbranched alkanes of at least 4 members (excludes halogenated alkanes) is 3. The number of hydrogen-bond acceptors (Lipinski definition) is 6. The molecule has 0 saturated carbocycles. The number of nitrogens with one attached hydrogen (secondary N) is 1. The number of benzene rings is 1. The second kappa shape index (κ2) is 10.1. The molecule has 0 saturated heterocycles. The Kier molecular flexibility index (Phi) is 7.84. The van der Waals surface area contributed by atoms with Crippen molar-refractivity contribution in [3.8, 4) is 0 Å². The molecular formula is C19H25N3O4S. The summed E-state index contributed by atoms with van der Waals surface area (Å²) in [5, 5.41) is 2.57. The standard InChI is InChI=1S/C19H25N3O4S/c1-4-5-6-9-12-22-17(24)14-10-7-8-11-15(14)20-18(22)27-13(2)16(23)21-19(25)26-3/h7-8,10-11,13H,4-6,9,12H2,1-3H3,(H,21,23,25)/t13-/m0/s1. The maximum atomic E-state index is 12.9. The van der Waals surface area contributed by atoms with Crippen molar-refractivity contribution in [2.75, 3.05) is 7.11 Å². The van der Waals surface area contributed by atoms with E-state index in [9.17, 15) is 14.4 Å². The van der Waals surface area contributed by atoms with E-state index in [-0.39, 0.29) is 5.56 Å². The highest BCUT2D eigenvalue weighted by Gasteiger charge is 2.21. The van der Waals surface area contributed by atoms with E-state index < -0.39 is 17.3 Å². The smallest absolute Gasteiger partial charge is 0.413 e. The van der Waals surface area contributed by atoms with Gasteiger partial charge in [-0.25, -0.2) is 9.78 Å². The number of fused-ring (bicyclic) bond motifs is 1. The van der Waals surface area contributed by atoms with Crippen LogP contribution in [-0.2, 0) is 16.1 Å². The van der Waals surface area contributed by atoms with Crippen LogP contribution < -0.4 is 10.9 Å². The SMILES string of the molecule is CCCCCCn1c(S[C@@H](C)C(=O)NC(=O)OC)nc2ccccc2c1=O. The summed E-state index contributed by atoms with van der Waals surface area (Å²) in [7, 11) is 1.19. The Balaban J connectivity index is 2.30. The minimum absolute atomic E-state index is 0.111. The van der Waals surface area contributed by atoms with E-state index in [1.165, 1.54) is 7.11 Å². The van der Waals surface area contributed by atoms with Gasteiger partial charge in [0.1, 0.15) is 0 Å². The number of para-hydroxylation sites is 1. The van der Waals surface area contributed by atoms with Gasteiger partial charge >= 0.3 is 6.09 Å². The Bertz CT molecular complexity index is 866. The number of carbonyl (C=O) groups excluding carboxylic acids is 2. The molecule has 1 heterocycles. The van der Waals surface area contributed by atoms with Crippen molar-refractivity contribution in [3.05, 3.63) is 34.6 Å². The van der Waals surface area contributed by atoms with Gasteiger partial charge in [0.15, 0.2) is 5.16 Å². The zero-order valence-corrected chi connectivity index (χ0v) is 16.7. The van der Waals surface area contributed by atoms with Crippen LogP contribution in [0.3, 0.4) is 0 Å². The van der Waals surface area contributed by atoms with Crippen LogP contribution in [0.15, 0.2) is 34.2 Å². The van der Waals surface area contributed by atoms with Crippen LogP contribution in [0.25, 0.3) is 10.9 Å². The van der Waals surface area contributed by atoms with Gasteiger partial charge in [-0.05, 0) is 25.5 Å². The summed E-state index contributed by atoms with van der Waals surface area (Å²) < 4.78 is 6.08. The van der Waals surface area contributed by atoms with E-state index in [0.717, 1.165) is 37.4 Å². The minimum Gasteiger partial charge on any atom is -0.453 e. The summed E-state index contributed by atoms with van der Waals surface area (Å²) in [5.74, 6) is -0.494. The molecule has 0 aliphatic heterocycles. The number of nitrogens with zero attached hydrogens (tertiary/aromatic N) is 2. The van der Waals surface area contributed by atoms with Crippen LogP contribution in [0.5, 0.6) is 0 Å². The summed E-state index contributed by atoms with van der Waals surface area (Å²) in [6.45, 7) is 4.34. The van der Waals surface area contributed by atoms with Crippen LogP contribution in [0.1, 0.15) is 39.5 Å². The molecule has 0 fully saturated rings. The lowest BCUT2D eigenvalue weighted by atomic mass is 10.2. The molecule has 0 bridgehead atoms. The van der Waals surface area contributed by atoms with Crippen molar-refractivity contribution in [2.45, 2.75) is 56.5 Å². The first-order valence-corrected chi connectivity index (χ1v) is 9.91. The van der Waals surface area contributed by atoms with E-state index in [1.807, 2.05) is 12.1 Å². The van der Waals surface area contributed by atoms with Crippen molar-refractivity contribution >= 4 is 34.7 Å². The normalized spacial score (nSPS) is 12.0. The average Bonchev–Trinajstić information content (AvgIpc) is 2.67. The molecule has 1 aromatic carbocycles. The Morgan fingerprint density at radius 2 is 2.00 bits per heavy atom. The number of rotatable bonds is 8. The lowest BCUT2D eigenvalue weighted by Gasteiger charge is -2.16. The zero-order chi connectivity index (χ0) is 19.8. The Hall–Kier alpha value is -2.35. The predicted molar refractivity (Wildman–Crippen MR) is 106 cm³/mol. The minimum atomic E-state index is -0.809. The number of amides is 2. The van der Waals surface area contributed by atoms with E-state index in [4.69, 9.17) is 0 Å². The maximum Gasteiger partial charge on any atom is 0.413 e. The van der Waals surface area contributed by atoms with Crippen LogP contribution in [0, 0.1) is 0 Å². The van der Waals surface area contributed by atoms with E-state index in [2.05, 4.69) is 22.0 Å². The summed E-state index contributed by atoms with van der Waals surface area (Å²) in [6, 6.07) is 7.17. The molecule has 146 valence electrons. The average molecular weight is 391 g/mol. The van der Waals surface area contributed by atoms with E-state index >= 15 is 0 Å². The summed E-state index contributed by atoms with van der Waals surface area (Å²) in [5.41, 5.74) is 0.482. The molecular weight excluding hydrogens is 366 g/mol. The lowest BCUT2D eigenvalue weighted by Crippen LogP contribution is -2.36. The van der Waals surface area contributed by atoms with Gasteiger partial charge in [0, 0.05) is 6.54 Å². The molecule has 2 rings (SSSR count). The molecule has 2 amide bonds. The van der Waals surface area contributed by atoms with E-state index in [0.29, 0.717) is 22.6 Å². The number of aromatic nitrogens is 2. The van der Waals surface area contributed by atoms with E-state index in [1.54, 1.807) is 23.6 Å². The van der Waals surface area contributed by atoms with Gasteiger partial charge in [-0.2, -0.15) is 0 Å². The third-order valence-corrected chi connectivity index (χ3v) is 5.21. The molecule has 1 atom stereocenters. The molecule has 27 heavy (non-hydrogen) atoms. The van der Waals surface area contributed by atoms with Crippen molar-refractivity contribution in [1.82, 2.24) is 14.9 Å². The number of ether oxygens (including phenoxy) is 1. The fourth-order valence-electron chi connectivity index (χ4n) is 2.60. The Labute approximate surface area is 162 Å². The predicted octanol–water partition coefficient (Wildman–Crippen LogP) is 3.34. The summed E-state index contributed by atoms with van der Waals surface area (Å²) in [6.07, 6.45) is 3.30. The molecule has 0 aliphatic rings. The number of methoxy groups -OCH3 is 1. The molecule has 1 N–H and O–H groups in total. The van der Waals surface area contributed by atoms with Gasteiger partial charge < -0.3 is 4.74 Å². The number of thioether (sulfide) groups is 1. The molecule has 0 unspecified atom stereocenters. The molecule has 2 aromatic rings. The van der Waals surface area contributed by atoms with Crippen LogP contribution in [-0.4, -0.2) is 33.9 Å². The molecule has 0 radical (unpaired) electrons. The number of carbonyl (C=O) groups is 2. The topological polar surface area (TPSA) is 90.3 Å². The van der Waals surface area contributed by atoms with Gasteiger partial charge in [0.2, 0.25) is 5.91 Å². The highest BCUT2D eigenvalue weighted by atomic mass is 32.2. The highest BCUT2D eigenvalue weighted by Crippen LogP contribution is 2.23. The van der Waals surface area contributed by atoms with Crippen LogP contribution in [0.2, 0.25) is 0 Å². The maximum absolute atomic E-state index is 12.9. The lowest BCUT2D eigenvalue weighted by molar-refractivity contribution is -0.119. The second-order valence-electron chi connectivity index (χ2n) is 6.17. The monoisotopic (exact) mass is 391 g/mol. The number of alkyl carbamates (subject to hydrolysis) is 1. The quantitative estimate of drug-likeness (QED) is 0.422. The third kappa shape index (κ3) is 5.56. The van der Waals surface area contributed by atoms with Gasteiger partial charge in [0.05, 0.1) is 23.3 Å². The largest absolute Gasteiger partial charge is 0.453 e. The first-order valence-electron chi connectivity index (χ1n) is 9.03. The first kappa shape index (κ1) is 21.0. The Morgan fingerprint density at radius 3 is 2.70 bits per heavy atom. The fourth-order valence-corrected chi connectivity index (χ4v) is 3.53. The van der Waals surface area contributed by atoms with Crippen molar-refractivity contribution in [3.63, 3.8) is 0 Å². The van der Waals surface area contributed by atoms with Crippen LogP contribution >= 0.6 is 11.8 Å². The molecule has 0 spiro atoms. The molecule has 1 aromatic heterocycles. The second-order valence-corrected chi connectivity index (χ2v) is 7.48. The highest BCUT2D eigenvalue weighted by molar-refractivity contribution is 8.00.